The van der Waals surface area contributed by atoms with Crippen LogP contribution < -0.4 is 5.32 Å². The molecule has 86 valence electrons. The fourth-order valence-electron chi connectivity index (χ4n) is 1.22. The highest BCUT2D eigenvalue weighted by molar-refractivity contribution is 7.99. The molecule has 15 heavy (non-hydrogen) atoms. The lowest BCUT2D eigenvalue weighted by Crippen LogP contribution is -2.38. The van der Waals surface area contributed by atoms with E-state index in [9.17, 15) is 4.79 Å². The van der Waals surface area contributed by atoms with Crippen molar-refractivity contribution in [2.24, 2.45) is 5.92 Å². The van der Waals surface area contributed by atoms with E-state index in [2.05, 4.69) is 12.2 Å². The molecule has 1 N–H and O–H groups in total. The molecule has 0 aliphatic carbocycles. The first-order valence-electron chi connectivity index (χ1n) is 5.43. The quantitative estimate of drug-likeness (QED) is 0.726. The second kappa shape index (κ2) is 8.60. The van der Waals surface area contributed by atoms with Crippen LogP contribution in [-0.4, -0.2) is 23.5 Å². The Balaban J connectivity index is 3.94. The summed E-state index contributed by atoms with van der Waals surface area (Å²) in [6.07, 6.45) is 1.51. The Morgan fingerprint density at radius 2 is 2.20 bits per heavy atom. The Morgan fingerprint density at radius 3 is 2.67 bits per heavy atom. The van der Waals surface area contributed by atoms with E-state index in [1.165, 1.54) is 0 Å². The first-order valence-corrected chi connectivity index (χ1v) is 6.58. The van der Waals surface area contributed by atoms with Crippen LogP contribution in [0.5, 0.6) is 0 Å². The molecule has 3 nitrogen and oxygen atoms in total. The zero-order valence-corrected chi connectivity index (χ0v) is 10.6. The summed E-state index contributed by atoms with van der Waals surface area (Å²) in [6, 6.07) is 2.19. The van der Waals surface area contributed by atoms with Crippen LogP contribution in [0.3, 0.4) is 0 Å². The van der Waals surface area contributed by atoms with Crippen molar-refractivity contribution < 1.29 is 4.79 Å². The summed E-state index contributed by atoms with van der Waals surface area (Å²) in [7, 11) is 0. The molecule has 1 amide bonds. The Bertz CT molecular complexity index is 225. The largest absolute Gasteiger partial charge is 0.352 e. The monoisotopic (exact) mass is 228 g/mol. The van der Waals surface area contributed by atoms with Gasteiger partial charge in [-0.15, -0.1) is 0 Å². The second-order valence-corrected chi connectivity index (χ2v) is 4.86. The molecule has 0 aliphatic rings. The molecule has 0 saturated carbocycles. The third-order valence-electron chi connectivity index (χ3n) is 2.01. The molecule has 0 bridgehead atoms. The zero-order valence-electron chi connectivity index (χ0n) is 9.75. The standard InChI is InChI=1S/C11H20N2OS/c1-4-6-10(7-12)11(14)13-9(3)8-15-5-2/h9-10H,4-6,8H2,1-3H3,(H,13,14). The molecule has 0 aliphatic heterocycles. The Kier molecular flexibility index (Phi) is 8.21. The summed E-state index contributed by atoms with van der Waals surface area (Å²) >= 11 is 1.79. The normalized spacial score (nSPS) is 14.0. The topological polar surface area (TPSA) is 52.9 Å². The molecule has 4 heteroatoms. The summed E-state index contributed by atoms with van der Waals surface area (Å²) in [6.45, 7) is 6.04. The molecule has 0 rings (SSSR count). The molecular weight excluding hydrogens is 208 g/mol. The fraction of sp³-hybridized carbons (Fsp3) is 0.818. The molecular formula is C11H20N2OS. The van der Waals surface area contributed by atoms with Crippen molar-refractivity contribution in [2.75, 3.05) is 11.5 Å². The van der Waals surface area contributed by atoms with E-state index in [1.807, 2.05) is 19.9 Å². The number of carbonyl (C=O) groups is 1. The van der Waals surface area contributed by atoms with Crippen LogP contribution in [-0.2, 0) is 4.79 Å². The van der Waals surface area contributed by atoms with Gasteiger partial charge in [0.05, 0.1) is 6.07 Å². The van der Waals surface area contributed by atoms with Crippen molar-refractivity contribution in [1.82, 2.24) is 5.32 Å². The Labute approximate surface area is 96.6 Å². The van der Waals surface area contributed by atoms with Gasteiger partial charge in [0.2, 0.25) is 5.91 Å². The first kappa shape index (κ1) is 14.3. The molecule has 0 spiro atoms. The number of rotatable bonds is 7. The van der Waals surface area contributed by atoms with E-state index in [-0.39, 0.29) is 11.9 Å². The lowest BCUT2D eigenvalue weighted by Gasteiger charge is -2.15. The maximum atomic E-state index is 11.6. The van der Waals surface area contributed by atoms with Crippen LogP contribution in [0.1, 0.15) is 33.6 Å². The molecule has 2 atom stereocenters. The minimum absolute atomic E-state index is 0.122. The predicted octanol–water partition coefficient (Wildman–Crippen LogP) is 2.18. The maximum Gasteiger partial charge on any atom is 0.237 e. The number of nitriles is 1. The average Bonchev–Trinajstić information content (AvgIpc) is 2.22. The highest BCUT2D eigenvalue weighted by Crippen LogP contribution is 2.07. The van der Waals surface area contributed by atoms with Gasteiger partial charge in [0, 0.05) is 11.8 Å². The van der Waals surface area contributed by atoms with E-state index in [0.29, 0.717) is 6.42 Å². The van der Waals surface area contributed by atoms with Crippen LogP contribution in [0.4, 0.5) is 0 Å². The van der Waals surface area contributed by atoms with E-state index in [0.717, 1.165) is 17.9 Å². The van der Waals surface area contributed by atoms with Gasteiger partial charge in [0.15, 0.2) is 0 Å². The number of nitrogens with zero attached hydrogens (tertiary/aromatic N) is 1. The molecule has 0 fully saturated rings. The molecule has 0 aromatic heterocycles. The van der Waals surface area contributed by atoms with Crippen LogP contribution >= 0.6 is 11.8 Å². The van der Waals surface area contributed by atoms with Crippen LogP contribution in [0.25, 0.3) is 0 Å². The lowest BCUT2D eigenvalue weighted by molar-refractivity contribution is -0.124. The van der Waals surface area contributed by atoms with Crippen molar-refractivity contribution >= 4 is 17.7 Å². The van der Waals surface area contributed by atoms with Gasteiger partial charge in [0.1, 0.15) is 5.92 Å². The Hall–Kier alpha value is -0.690. The van der Waals surface area contributed by atoms with E-state index < -0.39 is 5.92 Å². The molecule has 0 heterocycles. The van der Waals surface area contributed by atoms with Gasteiger partial charge in [-0.3, -0.25) is 4.79 Å². The summed E-state index contributed by atoms with van der Waals surface area (Å²) in [5.41, 5.74) is 0. The SMILES string of the molecule is CCCC(C#N)C(=O)NC(C)CSCC. The lowest BCUT2D eigenvalue weighted by atomic mass is 10.0. The van der Waals surface area contributed by atoms with Crippen molar-refractivity contribution in [3.63, 3.8) is 0 Å². The van der Waals surface area contributed by atoms with E-state index >= 15 is 0 Å². The highest BCUT2D eigenvalue weighted by Gasteiger charge is 2.18. The van der Waals surface area contributed by atoms with Gasteiger partial charge in [-0.25, -0.2) is 0 Å². The molecule has 0 radical (unpaired) electrons. The van der Waals surface area contributed by atoms with Gasteiger partial charge in [-0.1, -0.05) is 20.3 Å². The Morgan fingerprint density at radius 1 is 1.53 bits per heavy atom. The van der Waals surface area contributed by atoms with Gasteiger partial charge in [0.25, 0.3) is 0 Å². The number of thioether (sulfide) groups is 1. The molecule has 0 aromatic rings. The summed E-state index contributed by atoms with van der Waals surface area (Å²) in [5, 5.41) is 11.7. The number of hydrogen-bond acceptors (Lipinski definition) is 3. The van der Waals surface area contributed by atoms with Gasteiger partial charge < -0.3 is 5.32 Å². The van der Waals surface area contributed by atoms with Crippen LogP contribution in [0.2, 0.25) is 0 Å². The van der Waals surface area contributed by atoms with Crippen LogP contribution in [0, 0.1) is 17.2 Å². The van der Waals surface area contributed by atoms with Crippen molar-refractivity contribution in [2.45, 2.75) is 39.7 Å². The van der Waals surface area contributed by atoms with Gasteiger partial charge in [-0.05, 0) is 19.1 Å². The highest BCUT2D eigenvalue weighted by atomic mass is 32.2. The minimum atomic E-state index is -0.482. The predicted molar refractivity (Wildman–Crippen MR) is 64.6 cm³/mol. The number of carbonyl (C=O) groups excluding carboxylic acids is 1. The molecule has 0 saturated heterocycles. The summed E-state index contributed by atoms with van der Waals surface area (Å²) < 4.78 is 0. The second-order valence-electron chi connectivity index (χ2n) is 3.54. The fourth-order valence-corrected chi connectivity index (χ4v) is 1.90. The number of nitrogens with one attached hydrogen (secondary N) is 1. The van der Waals surface area contributed by atoms with Crippen molar-refractivity contribution in [3.05, 3.63) is 0 Å². The first-order chi connectivity index (χ1) is 7.15. The van der Waals surface area contributed by atoms with E-state index in [1.54, 1.807) is 11.8 Å². The molecule has 2 unspecified atom stereocenters. The average molecular weight is 228 g/mol. The smallest absolute Gasteiger partial charge is 0.237 e. The number of hydrogen-bond donors (Lipinski definition) is 1. The number of amides is 1. The summed E-state index contributed by atoms with van der Waals surface area (Å²) in [4.78, 5) is 11.6. The van der Waals surface area contributed by atoms with Crippen LogP contribution in [0.15, 0.2) is 0 Å². The maximum absolute atomic E-state index is 11.6. The minimum Gasteiger partial charge on any atom is -0.352 e. The van der Waals surface area contributed by atoms with Gasteiger partial charge in [-0.2, -0.15) is 17.0 Å². The third-order valence-corrected chi connectivity index (χ3v) is 3.15. The van der Waals surface area contributed by atoms with E-state index in [4.69, 9.17) is 5.26 Å². The summed E-state index contributed by atoms with van der Waals surface area (Å²) in [5.74, 6) is 1.36. The molecule has 0 aromatic carbocycles. The van der Waals surface area contributed by atoms with Gasteiger partial charge >= 0.3 is 0 Å². The van der Waals surface area contributed by atoms with Crippen molar-refractivity contribution in [1.29, 1.82) is 5.26 Å². The zero-order chi connectivity index (χ0) is 11.7. The van der Waals surface area contributed by atoms with Crippen molar-refractivity contribution in [3.8, 4) is 6.07 Å². The third kappa shape index (κ3) is 6.40.